The molecule has 0 aliphatic heterocycles. The Kier molecular flexibility index (Phi) is 6.62. The molecular formula is C24H23N3O4S2. The number of hydrogen-bond donors (Lipinski definition) is 0. The minimum absolute atomic E-state index is 0.00640. The summed E-state index contributed by atoms with van der Waals surface area (Å²) in [6.07, 6.45) is 3.81. The number of carbonyl (C=O) groups is 2. The molecule has 0 saturated carbocycles. The summed E-state index contributed by atoms with van der Waals surface area (Å²) in [5.74, 6) is -0.0295. The zero-order valence-corrected chi connectivity index (χ0v) is 20.3. The molecule has 0 N–H and O–H groups in total. The highest BCUT2D eigenvalue weighted by Gasteiger charge is 2.24. The number of aromatic nitrogens is 2. The van der Waals surface area contributed by atoms with Crippen LogP contribution >= 0.6 is 22.7 Å². The van der Waals surface area contributed by atoms with Gasteiger partial charge >= 0.3 is 5.97 Å². The Morgan fingerprint density at radius 2 is 1.85 bits per heavy atom. The van der Waals surface area contributed by atoms with E-state index in [1.165, 1.54) is 23.2 Å². The maximum absolute atomic E-state index is 13.0. The minimum atomic E-state index is -0.400. The van der Waals surface area contributed by atoms with E-state index in [-0.39, 0.29) is 12.5 Å². The van der Waals surface area contributed by atoms with Crippen molar-refractivity contribution in [3.8, 4) is 10.8 Å². The van der Waals surface area contributed by atoms with E-state index < -0.39 is 5.97 Å². The van der Waals surface area contributed by atoms with Crippen molar-refractivity contribution in [2.75, 3.05) is 12.0 Å². The molecule has 3 heterocycles. The van der Waals surface area contributed by atoms with Crippen LogP contribution in [0.2, 0.25) is 0 Å². The molecule has 4 rings (SSSR count). The molecule has 7 nitrogen and oxygen atoms in total. The van der Waals surface area contributed by atoms with E-state index in [0.29, 0.717) is 27.8 Å². The van der Waals surface area contributed by atoms with Crippen LogP contribution in [-0.4, -0.2) is 28.5 Å². The highest BCUT2D eigenvalue weighted by Crippen LogP contribution is 2.36. The van der Waals surface area contributed by atoms with Crippen molar-refractivity contribution in [1.82, 2.24) is 9.55 Å². The molecule has 0 atom stereocenters. The van der Waals surface area contributed by atoms with E-state index in [1.807, 2.05) is 55.1 Å². The molecule has 0 saturated heterocycles. The fourth-order valence-electron chi connectivity index (χ4n) is 3.40. The van der Waals surface area contributed by atoms with Crippen LogP contribution in [0.1, 0.15) is 33.4 Å². The number of carbonyl (C=O) groups excluding carboxylic acids is 2. The number of rotatable bonds is 7. The van der Waals surface area contributed by atoms with E-state index in [2.05, 4.69) is 4.98 Å². The Balaban J connectivity index is 1.54. The summed E-state index contributed by atoms with van der Waals surface area (Å²) in [5.41, 5.74) is 2.64. The quantitative estimate of drug-likeness (QED) is 0.318. The molecule has 0 aliphatic rings. The third-order valence-electron chi connectivity index (χ3n) is 5.13. The van der Waals surface area contributed by atoms with Gasteiger partial charge in [-0.25, -0.2) is 9.78 Å². The maximum Gasteiger partial charge on any atom is 0.341 e. The second-order valence-electron chi connectivity index (χ2n) is 7.28. The van der Waals surface area contributed by atoms with Crippen molar-refractivity contribution in [2.45, 2.75) is 27.4 Å². The van der Waals surface area contributed by atoms with Gasteiger partial charge in [-0.1, -0.05) is 12.1 Å². The van der Waals surface area contributed by atoms with Gasteiger partial charge in [0.15, 0.2) is 5.13 Å². The summed E-state index contributed by atoms with van der Waals surface area (Å²) in [5, 5.41) is 3.10. The summed E-state index contributed by atoms with van der Waals surface area (Å²) in [7, 11) is 1.56. The van der Waals surface area contributed by atoms with Gasteiger partial charge in [0.05, 0.1) is 24.1 Å². The molecule has 1 amide bonds. The van der Waals surface area contributed by atoms with Crippen LogP contribution in [0.3, 0.4) is 0 Å². The third-order valence-corrected chi connectivity index (χ3v) is 7.23. The zero-order valence-electron chi connectivity index (χ0n) is 18.7. The predicted molar refractivity (Wildman–Crippen MR) is 130 cm³/mol. The molecule has 0 spiro atoms. The number of ether oxygens (including phenoxy) is 2. The average molecular weight is 482 g/mol. The fraction of sp³-hybridized carbons (Fsp3) is 0.208. The number of methoxy groups -OCH3 is 1. The highest BCUT2D eigenvalue weighted by molar-refractivity contribution is 7.15. The second-order valence-corrected chi connectivity index (χ2v) is 9.32. The SMILES string of the molecule is COc1ccccc1N(C(C)=O)c1nc(COC(=O)c2c(-n3cccc3)sc(C)c2C)cs1. The number of thiophene rings is 1. The van der Waals surface area contributed by atoms with Crippen LogP contribution < -0.4 is 9.64 Å². The summed E-state index contributed by atoms with van der Waals surface area (Å²) < 4.78 is 12.9. The monoisotopic (exact) mass is 481 g/mol. The Labute approximate surface area is 199 Å². The standard InChI is InChI=1S/C24H23N3O4S2/c1-15-16(2)33-22(26-11-7-8-12-26)21(15)23(29)31-13-18-14-32-24(25-18)27(17(3)28)19-9-5-6-10-20(19)30-4/h5-12,14H,13H2,1-4H3. The molecule has 1 aromatic carbocycles. The molecule has 0 aliphatic carbocycles. The minimum Gasteiger partial charge on any atom is -0.495 e. The van der Waals surface area contributed by atoms with Crippen LogP contribution in [0.5, 0.6) is 5.75 Å². The van der Waals surface area contributed by atoms with Gasteiger partial charge in [0.1, 0.15) is 17.4 Å². The summed E-state index contributed by atoms with van der Waals surface area (Å²) in [6, 6.07) is 11.1. The number of thiazole rings is 1. The number of hydrogen-bond acceptors (Lipinski definition) is 7. The van der Waals surface area contributed by atoms with E-state index in [9.17, 15) is 9.59 Å². The van der Waals surface area contributed by atoms with Gasteiger partial charge in [-0.2, -0.15) is 0 Å². The molecule has 0 bridgehead atoms. The number of nitrogens with zero attached hydrogens (tertiary/aromatic N) is 3. The Morgan fingerprint density at radius 1 is 1.12 bits per heavy atom. The Bertz CT molecular complexity index is 1290. The largest absolute Gasteiger partial charge is 0.495 e. The van der Waals surface area contributed by atoms with Gasteiger partial charge in [-0.15, -0.1) is 22.7 Å². The van der Waals surface area contributed by atoms with E-state index in [1.54, 1.807) is 36.0 Å². The van der Waals surface area contributed by atoms with Crippen LogP contribution in [0.25, 0.3) is 5.00 Å². The Morgan fingerprint density at radius 3 is 2.55 bits per heavy atom. The lowest BCUT2D eigenvalue weighted by molar-refractivity contribution is -0.115. The molecule has 3 aromatic heterocycles. The van der Waals surface area contributed by atoms with Gasteiger partial charge < -0.3 is 14.0 Å². The molecule has 33 heavy (non-hydrogen) atoms. The normalized spacial score (nSPS) is 10.8. The fourth-order valence-corrected chi connectivity index (χ4v) is 5.38. The summed E-state index contributed by atoms with van der Waals surface area (Å²) >= 11 is 2.85. The number of esters is 1. The van der Waals surface area contributed by atoms with Crippen LogP contribution in [0.4, 0.5) is 10.8 Å². The number of benzene rings is 1. The van der Waals surface area contributed by atoms with E-state index in [0.717, 1.165) is 15.4 Å². The van der Waals surface area contributed by atoms with Gasteiger partial charge in [-0.3, -0.25) is 9.69 Å². The van der Waals surface area contributed by atoms with Crippen molar-refractivity contribution in [2.24, 2.45) is 0 Å². The first-order chi connectivity index (χ1) is 15.9. The predicted octanol–water partition coefficient (Wildman–Crippen LogP) is 5.66. The van der Waals surface area contributed by atoms with Crippen LogP contribution in [-0.2, 0) is 16.1 Å². The third kappa shape index (κ3) is 4.55. The van der Waals surface area contributed by atoms with E-state index >= 15 is 0 Å². The van der Waals surface area contributed by atoms with Crippen molar-refractivity contribution in [3.05, 3.63) is 75.9 Å². The van der Waals surface area contributed by atoms with E-state index in [4.69, 9.17) is 9.47 Å². The van der Waals surface area contributed by atoms with Gasteiger partial charge in [0.2, 0.25) is 5.91 Å². The topological polar surface area (TPSA) is 73.7 Å². The first-order valence-corrected chi connectivity index (χ1v) is 11.9. The van der Waals surface area contributed by atoms with Crippen LogP contribution in [0.15, 0.2) is 54.2 Å². The van der Waals surface area contributed by atoms with Gasteiger partial charge in [-0.05, 0) is 43.7 Å². The number of amides is 1. The summed E-state index contributed by atoms with van der Waals surface area (Å²) in [4.78, 5) is 32.5. The van der Waals surface area contributed by atoms with Crippen molar-refractivity contribution >= 4 is 45.4 Å². The van der Waals surface area contributed by atoms with Gasteiger partial charge in [0, 0.05) is 29.6 Å². The first-order valence-electron chi connectivity index (χ1n) is 10.2. The maximum atomic E-state index is 13.0. The molecule has 170 valence electrons. The Hall–Kier alpha value is -3.43. The smallest absolute Gasteiger partial charge is 0.341 e. The zero-order chi connectivity index (χ0) is 23.5. The molecular weight excluding hydrogens is 458 g/mol. The molecule has 0 fully saturated rings. The van der Waals surface area contributed by atoms with Crippen molar-refractivity contribution in [1.29, 1.82) is 0 Å². The van der Waals surface area contributed by atoms with Crippen LogP contribution in [0, 0.1) is 13.8 Å². The molecule has 0 radical (unpaired) electrons. The second kappa shape index (κ2) is 9.60. The number of para-hydroxylation sites is 2. The van der Waals surface area contributed by atoms with Gasteiger partial charge in [0.25, 0.3) is 0 Å². The molecule has 9 heteroatoms. The number of aryl methyl sites for hydroxylation is 1. The lowest BCUT2D eigenvalue weighted by atomic mass is 10.1. The molecule has 0 unspecified atom stereocenters. The lowest BCUT2D eigenvalue weighted by Gasteiger charge is -2.20. The highest BCUT2D eigenvalue weighted by atomic mass is 32.1. The molecule has 4 aromatic rings. The summed E-state index contributed by atoms with van der Waals surface area (Å²) in [6.45, 7) is 5.39. The number of anilines is 2. The lowest BCUT2D eigenvalue weighted by Crippen LogP contribution is -2.23. The van der Waals surface area contributed by atoms with Crippen molar-refractivity contribution in [3.63, 3.8) is 0 Å². The van der Waals surface area contributed by atoms with Crippen molar-refractivity contribution < 1.29 is 19.1 Å². The average Bonchev–Trinajstić information content (AvgIpc) is 3.54. The first kappa shape index (κ1) is 22.8.